The van der Waals surface area contributed by atoms with Gasteiger partial charge in [-0.15, -0.1) is 0 Å². The van der Waals surface area contributed by atoms with E-state index in [1.165, 1.54) is 0 Å². The van der Waals surface area contributed by atoms with Crippen molar-refractivity contribution in [3.8, 4) is 0 Å². The molecule has 0 aromatic heterocycles. The topological polar surface area (TPSA) is 69.7 Å². The lowest BCUT2D eigenvalue weighted by Crippen LogP contribution is -2.27. The molecule has 0 saturated heterocycles. The van der Waals surface area contributed by atoms with Crippen LogP contribution in [-0.4, -0.2) is 38.1 Å². The maximum absolute atomic E-state index is 11.9. The van der Waals surface area contributed by atoms with Crippen molar-refractivity contribution in [2.24, 2.45) is 5.92 Å². The molecule has 0 unspecified atom stereocenters. The number of esters is 2. The zero-order valence-electron chi connectivity index (χ0n) is 9.87. The molecule has 0 aromatic rings. The average Bonchev–Trinajstić information content (AvgIpc) is 2.31. The van der Waals surface area contributed by atoms with Gasteiger partial charge in [-0.3, -0.25) is 14.4 Å². The van der Waals surface area contributed by atoms with E-state index in [1.54, 1.807) is 0 Å². The normalized spacial score (nSPS) is 11.2. The van der Waals surface area contributed by atoms with Crippen LogP contribution in [0.4, 0.5) is 13.2 Å². The van der Waals surface area contributed by atoms with Gasteiger partial charge >= 0.3 is 18.1 Å². The van der Waals surface area contributed by atoms with Gasteiger partial charge in [-0.1, -0.05) is 0 Å². The van der Waals surface area contributed by atoms with E-state index in [0.717, 1.165) is 14.2 Å². The van der Waals surface area contributed by atoms with Gasteiger partial charge < -0.3 is 9.47 Å². The number of ketones is 1. The van der Waals surface area contributed by atoms with Gasteiger partial charge in [0, 0.05) is 6.42 Å². The van der Waals surface area contributed by atoms with Crippen LogP contribution in [0.5, 0.6) is 0 Å². The van der Waals surface area contributed by atoms with Crippen LogP contribution in [0.25, 0.3) is 0 Å². The predicted octanol–water partition coefficient (Wildman–Crippen LogP) is 1.25. The number of hydrogen-bond donors (Lipinski definition) is 0. The predicted molar refractivity (Wildman–Crippen MR) is 52.4 cm³/mol. The molecular weight excluding hydrogens is 257 g/mol. The Balaban J connectivity index is 4.34. The molecule has 5 nitrogen and oxygen atoms in total. The number of halogens is 3. The second-order valence-corrected chi connectivity index (χ2v) is 3.41. The van der Waals surface area contributed by atoms with E-state index in [2.05, 4.69) is 9.47 Å². The molecule has 0 aliphatic carbocycles. The van der Waals surface area contributed by atoms with E-state index in [0.29, 0.717) is 0 Å². The number of methoxy groups -OCH3 is 2. The Morgan fingerprint density at radius 1 is 1.06 bits per heavy atom. The fourth-order valence-corrected chi connectivity index (χ4v) is 1.22. The molecule has 8 heteroatoms. The summed E-state index contributed by atoms with van der Waals surface area (Å²) >= 11 is 0. The maximum Gasteiger partial charge on any atom is 0.449 e. The average molecular weight is 270 g/mol. The molecule has 0 aromatic carbocycles. The third-order valence-electron chi connectivity index (χ3n) is 2.18. The van der Waals surface area contributed by atoms with Crippen LogP contribution in [0.3, 0.4) is 0 Å². The first kappa shape index (κ1) is 16.4. The minimum Gasteiger partial charge on any atom is -0.468 e. The molecule has 18 heavy (non-hydrogen) atoms. The minimum atomic E-state index is -4.90. The molecule has 0 aliphatic heterocycles. The second kappa shape index (κ2) is 6.97. The lowest BCUT2D eigenvalue weighted by atomic mass is 10.0. The Morgan fingerprint density at radius 3 is 1.83 bits per heavy atom. The highest BCUT2D eigenvalue weighted by atomic mass is 19.4. The van der Waals surface area contributed by atoms with Crippen LogP contribution < -0.4 is 0 Å². The molecule has 0 amide bonds. The summed E-state index contributed by atoms with van der Waals surface area (Å²) in [5.74, 6) is -5.00. The number of carbonyl (C=O) groups excluding carboxylic acids is 3. The van der Waals surface area contributed by atoms with E-state index in [9.17, 15) is 27.6 Å². The number of alkyl halides is 3. The summed E-state index contributed by atoms with van der Waals surface area (Å²) in [6.45, 7) is 0. The van der Waals surface area contributed by atoms with Crippen molar-refractivity contribution in [3.63, 3.8) is 0 Å². The van der Waals surface area contributed by atoms with E-state index in [1.807, 2.05) is 0 Å². The summed E-state index contributed by atoms with van der Waals surface area (Å²) in [4.78, 5) is 32.9. The molecule has 104 valence electrons. The monoisotopic (exact) mass is 270 g/mol. The van der Waals surface area contributed by atoms with Crippen molar-refractivity contribution in [1.82, 2.24) is 0 Å². The fraction of sp³-hybridized carbons (Fsp3) is 0.700. The number of hydrogen-bond acceptors (Lipinski definition) is 5. The lowest BCUT2D eigenvalue weighted by Gasteiger charge is -2.12. The molecule has 0 N–H and O–H groups in total. The van der Waals surface area contributed by atoms with Gasteiger partial charge in [-0.25, -0.2) is 0 Å². The summed E-state index contributed by atoms with van der Waals surface area (Å²) in [7, 11) is 2.08. The number of carbonyl (C=O) groups is 3. The van der Waals surface area contributed by atoms with E-state index >= 15 is 0 Å². The summed E-state index contributed by atoms with van der Waals surface area (Å²) in [6, 6.07) is 0. The van der Waals surface area contributed by atoms with E-state index < -0.39 is 36.2 Å². The van der Waals surface area contributed by atoms with Gasteiger partial charge in [0.2, 0.25) is 5.78 Å². The van der Waals surface area contributed by atoms with Crippen LogP contribution in [0.15, 0.2) is 0 Å². The summed E-state index contributed by atoms with van der Waals surface area (Å²) in [5.41, 5.74) is 0. The standard InChI is InChI=1S/C10H13F3O5/c1-17-8(15)6(9(16)18-2)4-3-5-7(14)10(11,12)13/h6H,3-5H2,1-2H3. The highest BCUT2D eigenvalue weighted by Gasteiger charge is 2.38. The summed E-state index contributed by atoms with van der Waals surface area (Å²) < 4.78 is 44.3. The first-order chi connectivity index (χ1) is 8.23. The van der Waals surface area contributed by atoms with Crippen molar-refractivity contribution in [1.29, 1.82) is 0 Å². The molecule has 0 aliphatic rings. The quantitative estimate of drug-likeness (QED) is 0.536. The minimum absolute atomic E-state index is 0.235. The molecule has 0 rings (SSSR count). The van der Waals surface area contributed by atoms with Gasteiger partial charge in [-0.05, 0) is 12.8 Å². The fourth-order valence-electron chi connectivity index (χ4n) is 1.22. The highest BCUT2D eigenvalue weighted by Crippen LogP contribution is 2.21. The molecule has 0 spiro atoms. The summed E-state index contributed by atoms with van der Waals surface area (Å²) in [5, 5.41) is 0. The molecular formula is C10H13F3O5. The SMILES string of the molecule is COC(=O)C(CCCC(=O)C(F)(F)F)C(=O)OC. The van der Waals surface area contributed by atoms with Crippen molar-refractivity contribution in [2.75, 3.05) is 14.2 Å². The Labute approximate surface area is 101 Å². The van der Waals surface area contributed by atoms with Crippen molar-refractivity contribution < 1.29 is 37.0 Å². The van der Waals surface area contributed by atoms with Crippen LogP contribution in [-0.2, 0) is 23.9 Å². The molecule has 0 radical (unpaired) electrons. The zero-order chi connectivity index (χ0) is 14.3. The van der Waals surface area contributed by atoms with Crippen LogP contribution in [0.1, 0.15) is 19.3 Å². The number of ether oxygens (including phenoxy) is 2. The third-order valence-corrected chi connectivity index (χ3v) is 2.18. The first-order valence-electron chi connectivity index (χ1n) is 4.99. The summed E-state index contributed by atoms with van der Waals surface area (Å²) in [6.07, 6.45) is -6.17. The van der Waals surface area contributed by atoms with Crippen LogP contribution in [0.2, 0.25) is 0 Å². The molecule has 0 bridgehead atoms. The first-order valence-corrected chi connectivity index (χ1v) is 4.99. The largest absolute Gasteiger partial charge is 0.468 e. The zero-order valence-corrected chi connectivity index (χ0v) is 9.87. The van der Waals surface area contributed by atoms with Gasteiger partial charge in [0.1, 0.15) is 0 Å². The lowest BCUT2D eigenvalue weighted by molar-refractivity contribution is -0.171. The van der Waals surface area contributed by atoms with Crippen LogP contribution >= 0.6 is 0 Å². The molecule has 0 atom stereocenters. The Morgan fingerprint density at radius 2 is 1.50 bits per heavy atom. The second-order valence-electron chi connectivity index (χ2n) is 3.41. The number of rotatable bonds is 6. The Hall–Kier alpha value is -1.60. The van der Waals surface area contributed by atoms with Gasteiger partial charge in [0.15, 0.2) is 5.92 Å². The molecule has 0 saturated carbocycles. The molecule has 0 heterocycles. The van der Waals surface area contributed by atoms with Gasteiger partial charge in [-0.2, -0.15) is 13.2 Å². The van der Waals surface area contributed by atoms with E-state index in [-0.39, 0.29) is 12.8 Å². The van der Waals surface area contributed by atoms with Gasteiger partial charge in [0.05, 0.1) is 14.2 Å². The van der Waals surface area contributed by atoms with E-state index in [4.69, 9.17) is 0 Å². The maximum atomic E-state index is 11.9. The van der Waals surface area contributed by atoms with Crippen molar-refractivity contribution >= 4 is 17.7 Å². The Kier molecular flexibility index (Phi) is 6.35. The van der Waals surface area contributed by atoms with Gasteiger partial charge in [0.25, 0.3) is 0 Å². The van der Waals surface area contributed by atoms with Crippen molar-refractivity contribution in [2.45, 2.75) is 25.4 Å². The van der Waals surface area contributed by atoms with Crippen molar-refractivity contribution in [3.05, 3.63) is 0 Å². The third kappa shape index (κ3) is 5.15. The highest BCUT2D eigenvalue weighted by molar-refractivity contribution is 5.94. The Bertz CT molecular complexity index is 308. The van der Waals surface area contributed by atoms with Crippen LogP contribution in [0, 0.1) is 5.92 Å². The smallest absolute Gasteiger partial charge is 0.449 e. The number of Topliss-reactive ketones (excluding diaryl/α,β-unsaturated/α-hetero) is 1. The molecule has 0 fully saturated rings.